The SMILES string of the molecule is COc1cc(/C=C2\SC(=O)N(Cc3ccc(C)cc3)C2=O)cc(I)c1OCc1ccc(Cl)cc1Cl. The van der Waals surface area contributed by atoms with Gasteiger partial charge in [0.05, 0.1) is 22.1 Å². The van der Waals surface area contributed by atoms with Crippen molar-refractivity contribution in [3.05, 3.63) is 95.4 Å². The number of hydrogen-bond donors (Lipinski definition) is 0. The van der Waals surface area contributed by atoms with Crippen molar-refractivity contribution in [3.8, 4) is 11.5 Å². The van der Waals surface area contributed by atoms with Crippen molar-refractivity contribution in [2.24, 2.45) is 0 Å². The molecular weight excluding hydrogens is 620 g/mol. The van der Waals surface area contributed by atoms with Gasteiger partial charge in [-0.25, -0.2) is 0 Å². The summed E-state index contributed by atoms with van der Waals surface area (Å²) >= 11 is 15.3. The number of benzene rings is 3. The number of carbonyl (C=O) groups excluding carboxylic acids is 2. The van der Waals surface area contributed by atoms with E-state index in [2.05, 4.69) is 22.6 Å². The summed E-state index contributed by atoms with van der Waals surface area (Å²) in [5.41, 5.74) is 3.54. The lowest BCUT2D eigenvalue weighted by molar-refractivity contribution is -0.123. The number of aryl methyl sites for hydroxylation is 1. The molecule has 0 N–H and O–H groups in total. The molecule has 1 saturated heterocycles. The van der Waals surface area contributed by atoms with Crippen LogP contribution in [0.25, 0.3) is 6.08 Å². The van der Waals surface area contributed by atoms with Crippen molar-refractivity contribution in [3.63, 3.8) is 0 Å². The maximum Gasteiger partial charge on any atom is 0.293 e. The minimum atomic E-state index is -0.313. The van der Waals surface area contributed by atoms with E-state index in [0.717, 1.165) is 37.6 Å². The maximum absolute atomic E-state index is 12.9. The van der Waals surface area contributed by atoms with Gasteiger partial charge < -0.3 is 9.47 Å². The molecule has 5 nitrogen and oxygen atoms in total. The molecule has 3 aromatic carbocycles. The molecule has 2 amide bonds. The Kier molecular flexibility index (Phi) is 8.31. The van der Waals surface area contributed by atoms with Gasteiger partial charge in [0.1, 0.15) is 6.61 Å². The molecule has 0 aliphatic carbocycles. The molecule has 1 fully saturated rings. The minimum absolute atomic E-state index is 0.236. The first-order valence-electron chi connectivity index (χ1n) is 10.5. The van der Waals surface area contributed by atoms with Crippen LogP contribution in [0.4, 0.5) is 4.79 Å². The van der Waals surface area contributed by atoms with Crippen LogP contribution in [0.3, 0.4) is 0 Å². The number of carbonyl (C=O) groups is 2. The second-order valence-corrected chi connectivity index (χ2v) is 10.8. The Labute approximate surface area is 231 Å². The molecule has 0 spiro atoms. The second kappa shape index (κ2) is 11.2. The van der Waals surface area contributed by atoms with Crippen molar-refractivity contribution in [1.29, 1.82) is 0 Å². The second-order valence-electron chi connectivity index (χ2n) is 7.81. The summed E-state index contributed by atoms with van der Waals surface area (Å²) in [6.07, 6.45) is 1.70. The molecule has 0 aromatic heterocycles. The largest absolute Gasteiger partial charge is 0.493 e. The number of rotatable bonds is 7. The van der Waals surface area contributed by atoms with Crippen molar-refractivity contribution in [2.45, 2.75) is 20.1 Å². The van der Waals surface area contributed by atoms with Crippen molar-refractivity contribution in [1.82, 2.24) is 4.90 Å². The highest BCUT2D eigenvalue weighted by Gasteiger charge is 2.35. The zero-order chi connectivity index (χ0) is 25.1. The number of hydrogen-bond acceptors (Lipinski definition) is 5. The fourth-order valence-corrected chi connectivity index (χ4v) is 5.50. The van der Waals surface area contributed by atoms with Crippen LogP contribution >= 0.6 is 57.6 Å². The van der Waals surface area contributed by atoms with E-state index >= 15 is 0 Å². The molecule has 1 aliphatic heterocycles. The number of imide groups is 1. The van der Waals surface area contributed by atoms with E-state index in [1.54, 1.807) is 31.4 Å². The maximum atomic E-state index is 12.9. The molecule has 0 unspecified atom stereocenters. The van der Waals surface area contributed by atoms with Gasteiger partial charge in [-0.3, -0.25) is 14.5 Å². The van der Waals surface area contributed by atoms with Crippen LogP contribution < -0.4 is 9.47 Å². The van der Waals surface area contributed by atoms with Crippen LogP contribution in [0.2, 0.25) is 10.0 Å². The quantitative estimate of drug-likeness (QED) is 0.196. The van der Waals surface area contributed by atoms with Gasteiger partial charge in [-0.2, -0.15) is 0 Å². The van der Waals surface area contributed by atoms with Gasteiger partial charge in [0.25, 0.3) is 11.1 Å². The van der Waals surface area contributed by atoms with Crippen LogP contribution in [-0.2, 0) is 17.9 Å². The number of ether oxygens (including phenoxy) is 2. The van der Waals surface area contributed by atoms with E-state index in [1.807, 2.05) is 43.3 Å². The van der Waals surface area contributed by atoms with E-state index < -0.39 is 0 Å². The predicted molar refractivity (Wildman–Crippen MR) is 149 cm³/mol. The highest BCUT2D eigenvalue weighted by atomic mass is 127. The summed E-state index contributed by atoms with van der Waals surface area (Å²) in [7, 11) is 1.55. The first-order chi connectivity index (χ1) is 16.7. The average molecular weight is 640 g/mol. The van der Waals surface area contributed by atoms with Crippen molar-refractivity contribution < 1.29 is 19.1 Å². The first-order valence-corrected chi connectivity index (χ1v) is 13.2. The third kappa shape index (κ3) is 6.14. The van der Waals surface area contributed by atoms with Gasteiger partial charge in [-0.15, -0.1) is 0 Å². The number of amides is 2. The molecule has 35 heavy (non-hydrogen) atoms. The van der Waals surface area contributed by atoms with Gasteiger partial charge in [-0.1, -0.05) is 59.1 Å². The van der Waals surface area contributed by atoms with Crippen LogP contribution in [0, 0.1) is 10.5 Å². The highest BCUT2D eigenvalue weighted by Crippen LogP contribution is 2.38. The van der Waals surface area contributed by atoms with E-state index in [4.69, 9.17) is 32.7 Å². The van der Waals surface area contributed by atoms with E-state index in [0.29, 0.717) is 26.4 Å². The summed E-state index contributed by atoms with van der Waals surface area (Å²) in [6.45, 7) is 2.47. The standard InChI is InChI=1S/C26H20Cl2INO4S/c1-15-3-5-16(6-4-15)13-30-25(31)23(35-26(30)32)11-17-9-21(29)24(22(10-17)33-2)34-14-18-7-8-19(27)12-20(18)28/h3-12H,13-14H2,1-2H3/b23-11-. The molecule has 1 aliphatic rings. The summed E-state index contributed by atoms with van der Waals surface area (Å²) in [5.74, 6) is 0.753. The Balaban J connectivity index is 1.53. The van der Waals surface area contributed by atoms with E-state index in [9.17, 15) is 9.59 Å². The topological polar surface area (TPSA) is 55.8 Å². The Bertz CT molecular complexity index is 1330. The van der Waals surface area contributed by atoms with Crippen LogP contribution in [-0.4, -0.2) is 23.2 Å². The Morgan fingerprint density at radius 2 is 1.80 bits per heavy atom. The molecular formula is C26H20Cl2INO4S. The van der Waals surface area contributed by atoms with Gasteiger partial charge >= 0.3 is 0 Å². The zero-order valence-electron chi connectivity index (χ0n) is 18.8. The summed E-state index contributed by atoms with van der Waals surface area (Å²) in [4.78, 5) is 27.1. The Hall–Kier alpha value is -2.20. The van der Waals surface area contributed by atoms with E-state index in [1.165, 1.54) is 4.90 Å². The molecule has 4 rings (SSSR count). The molecule has 0 bridgehead atoms. The van der Waals surface area contributed by atoms with Crippen LogP contribution in [0.1, 0.15) is 22.3 Å². The fraction of sp³-hybridized carbons (Fsp3) is 0.154. The summed E-state index contributed by atoms with van der Waals surface area (Å²) in [5, 5.41) is 0.784. The number of nitrogens with zero attached hydrogens (tertiary/aromatic N) is 1. The molecule has 0 radical (unpaired) electrons. The molecule has 0 saturated carbocycles. The van der Waals surface area contributed by atoms with Gasteiger partial charge in [0, 0.05) is 15.6 Å². The lowest BCUT2D eigenvalue weighted by Crippen LogP contribution is -2.27. The lowest BCUT2D eigenvalue weighted by atomic mass is 10.1. The third-order valence-corrected chi connectivity index (χ3v) is 7.57. The van der Waals surface area contributed by atoms with Crippen molar-refractivity contribution in [2.75, 3.05) is 7.11 Å². The average Bonchev–Trinajstić information content (AvgIpc) is 3.07. The normalized spacial score (nSPS) is 14.7. The molecule has 0 atom stereocenters. The number of halogens is 3. The lowest BCUT2D eigenvalue weighted by Gasteiger charge is -2.14. The summed E-state index contributed by atoms with van der Waals surface area (Å²) in [6, 6.07) is 16.6. The van der Waals surface area contributed by atoms with Crippen LogP contribution in [0.15, 0.2) is 59.5 Å². The smallest absolute Gasteiger partial charge is 0.293 e. The van der Waals surface area contributed by atoms with Crippen LogP contribution in [0.5, 0.6) is 11.5 Å². The van der Waals surface area contributed by atoms with Gasteiger partial charge in [0.15, 0.2) is 11.5 Å². The number of thioether (sulfide) groups is 1. The summed E-state index contributed by atoms with van der Waals surface area (Å²) < 4.78 is 12.3. The highest BCUT2D eigenvalue weighted by molar-refractivity contribution is 14.1. The Morgan fingerprint density at radius 3 is 2.49 bits per heavy atom. The van der Waals surface area contributed by atoms with E-state index in [-0.39, 0.29) is 24.3 Å². The Morgan fingerprint density at radius 1 is 1.06 bits per heavy atom. The molecule has 3 aromatic rings. The fourth-order valence-electron chi connectivity index (χ4n) is 3.42. The minimum Gasteiger partial charge on any atom is -0.493 e. The molecule has 1 heterocycles. The molecule has 180 valence electrons. The third-order valence-electron chi connectivity index (χ3n) is 5.27. The van der Waals surface area contributed by atoms with Crippen molar-refractivity contribution >= 4 is 74.8 Å². The monoisotopic (exact) mass is 639 g/mol. The predicted octanol–water partition coefficient (Wildman–Crippen LogP) is 7.73. The van der Waals surface area contributed by atoms with Gasteiger partial charge in [-0.05, 0) is 82.7 Å². The van der Waals surface area contributed by atoms with Gasteiger partial charge in [0.2, 0.25) is 0 Å². The first kappa shape index (κ1) is 25.9. The zero-order valence-corrected chi connectivity index (χ0v) is 23.3. The number of methoxy groups -OCH3 is 1. The molecule has 9 heteroatoms.